The van der Waals surface area contributed by atoms with Crippen LogP contribution in [-0.4, -0.2) is 30.8 Å². The topological polar surface area (TPSA) is 119 Å². The van der Waals surface area contributed by atoms with E-state index in [-0.39, 0.29) is 10.7 Å². The van der Waals surface area contributed by atoms with Gasteiger partial charge < -0.3 is 15.4 Å². The number of nitrogens with zero attached hydrogens (tertiary/aromatic N) is 4. The molecule has 2 rings (SSSR count). The lowest BCUT2D eigenvalue weighted by Crippen LogP contribution is -2.13. The van der Waals surface area contributed by atoms with E-state index in [0.29, 0.717) is 12.2 Å². The zero-order valence-corrected chi connectivity index (χ0v) is 11.4. The molecule has 1 amide bonds. The molecule has 10 heteroatoms. The average Bonchev–Trinajstić information content (AvgIpc) is 2.94. The molecule has 0 saturated heterocycles. The Bertz CT molecular complexity index is 677. The Kier molecular flexibility index (Phi) is 3.70. The van der Waals surface area contributed by atoms with Gasteiger partial charge in [0.1, 0.15) is 0 Å². The van der Waals surface area contributed by atoms with Gasteiger partial charge in [-0.3, -0.25) is 9.48 Å². The quantitative estimate of drug-likeness (QED) is 0.658. The molecule has 0 saturated carbocycles. The highest BCUT2D eigenvalue weighted by Gasteiger charge is 2.25. The first kappa shape index (κ1) is 14.0. The average molecular weight is 299 g/mol. The van der Waals surface area contributed by atoms with Crippen LogP contribution in [0.25, 0.3) is 0 Å². The maximum absolute atomic E-state index is 12.0. The summed E-state index contributed by atoms with van der Waals surface area (Å²) < 4.78 is 1.70. The number of nitrogens with one attached hydrogen (secondary N) is 2. The van der Waals surface area contributed by atoms with Gasteiger partial charge in [-0.25, -0.2) is 0 Å². The maximum atomic E-state index is 12.0. The molecule has 2 aromatic rings. The van der Waals surface area contributed by atoms with Crippen LogP contribution in [0.15, 0.2) is 6.20 Å². The number of carbonyl (C=O) groups excluding carboxylic acids is 1. The van der Waals surface area contributed by atoms with E-state index >= 15 is 0 Å². The number of aromatic nitrogens is 4. The Morgan fingerprint density at radius 1 is 1.65 bits per heavy atom. The SMILES string of the molecule is CCn1ncc(NC(=O)c2n[nH]c([N+](=O)[O-])c2Cl)c1C. The highest BCUT2D eigenvalue weighted by atomic mass is 35.5. The molecule has 2 heterocycles. The normalized spacial score (nSPS) is 10.6. The number of carbonyl (C=O) groups is 1. The number of nitro groups is 1. The lowest BCUT2D eigenvalue weighted by Gasteiger charge is -2.03. The van der Waals surface area contributed by atoms with Gasteiger partial charge >= 0.3 is 5.82 Å². The van der Waals surface area contributed by atoms with E-state index in [2.05, 4.69) is 20.6 Å². The minimum atomic E-state index is -0.744. The van der Waals surface area contributed by atoms with Crippen molar-refractivity contribution in [3.8, 4) is 0 Å². The van der Waals surface area contributed by atoms with E-state index < -0.39 is 16.6 Å². The first-order valence-corrected chi connectivity index (χ1v) is 6.05. The zero-order chi connectivity index (χ0) is 14.9. The molecular weight excluding hydrogens is 288 g/mol. The zero-order valence-electron chi connectivity index (χ0n) is 10.7. The molecule has 0 bridgehead atoms. The smallest absolute Gasteiger partial charge is 0.358 e. The van der Waals surface area contributed by atoms with Crippen LogP contribution in [0, 0.1) is 17.0 Å². The van der Waals surface area contributed by atoms with Crippen molar-refractivity contribution in [1.82, 2.24) is 20.0 Å². The van der Waals surface area contributed by atoms with Gasteiger partial charge in [-0.15, -0.1) is 5.10 Å². The number of hydrogen-bond acceptors (Lipinski definition) is 5. The van der Waals surface area contributed by atoms with E-state index in [1.54, 1.807) is 11.6 Å². The Hall–Kier alpha value is -2.42. The summed E-state index contributed by atoms with van der Waals surface area (Å²) in [5.41, 5.74) is 1.03. The van der Waals surface area contributed by atoms with Crippen molar-refractivity contribution in [2.45, 2.75) is 20.4 Å². The molecule has 0 aromatic carbocycles. The van der Waals surface area contributed by atoms with Crippen molar-refractivity contribution < 1.29 is 9.72 Å². The van der Waals surface area contributed by atoms with Crippen LogP contribution in [0.2, 0.25) is 5.02 Å². The summed E-state index contributed by atoms with van der Waals surface area (Å²) in [6.07, 6.45) is 1.49. The fraction of sp³-hybridized carbons (Fsp3) is 0.300. The number of anilines is 1. The summed E-state index contributed by atoms with van der Waals surface area (Å²) in [5.74, 6) is -1.16. The van der Waals surface area contributed by atoms with E-state index in [1.807, 2.05) is 6.92 Å². The van der Waals surface area contributed by atoms with Crippen LogP contribution in [-0.2, 0) is 6.54 Å². The summed E-state index contributed by atoms with van der Waals surface area (Å²) in [6.45, 7) is 4.37. The van der Waals surface area contributed by atoms with Crippen LogP contribution in [0.5, 0.6) is 0 Å². The van der Waals surface area contributed by atoms with Gasteiger partial charge in [0.25, 0.3) is 5.91 Å². The first-order valence-electron chi connectivity index (χ1n) is 5.67. The predicted molar refractivity (Wildman–Crippen MR) is 70.8 cm³/mol. The van der Waals surface area contributed by atoms with Crippen molar-refractivity contribution in [3.63, 3.8) is 0 Å². The Morgan fingerprint density at radius 3 is 2.85 bits per heavy atom. The third-order valence-corrected chi connectivity index (χ3v) is 3.10. The number of rotatable bonds is 4. The van der Waals surface area contributed by atoms with Gasteiger partial charge in [-0.05, 0) is 18.8 Å². The molecule has 9 nitrogen and oxygen atoms in total. The molecular formula is C10H11ClN6O3. The lowest BCUT2D eigenvalue weighted by molar-refractivity contribution is -0.389. The van der Waals surface area contributed by atoms with Crippen LogP contribution < -0.4 is 5.32 Å². The second-order valence-corrected chi connectivity index (χ2v) is 4.28. The summed E-state index contributed by atoms with van der Waals surface area (Å²) in [6, 6.07) is 0. The van der Waals surface area contributed by atoms with Gasteiger partial charge in [0.05, 0.1) is 17.6 Å². The highest BCUT2D eigenvalue weighted by Crippen LogP contribution is 2.25. The fourth-order valence-electron chi connectivity index (χ4n) is 1.66. The number of aryl methyl sites for hydroxylation is 1. The van der Waals surface area contributed by atoms with Gasteiger partial charge in [0.15, 0.2) is 10.7 Å². The largest absolute Gasteiger partial charge is 0.362 e. The fourth-order valence-corrected chi connectivity index (χ4v) is 1.90. The Labute approximate surface area is 118 Å². The van der Waals surface area contributed by atoms with Crippen LogP contribution >= 0.6 is 11.6 Å². The van der Waals surface area contributed by atoms with Crippen LogP contribution in [0.4, 0.5) is 11.5 Å². The maximum Gasteiger partial charge on any atom is 0.362 e. The van der Waals surface area contributed by atoms with E-state index in [1.165, 1.54) is 6.20 Å². The molecule has 2 N–H and O–H groups in total. The molecule has 0 spiro atoms. The third-order valence-electron chi connectivity index (χ3n) is 2.74. The second kappa shape index (κ2) is 5.29. The van der Waals surface area contributed by atoms with Crippen molar-refractivity contribution in [3.05, 3.63) is 32.7 Å². The molecule has 106 valence electrons. The standard InChI is InChI=1S/C10H11ClN6O3/c1-3-16-5(2)6(4-12-16)13-10(18)8-7(11)9(15-14-8)17(19)20/h4H,3H2,1-2H3,(H,13,18)(H,14,15). The summed E-state index contributed by atoms with van der Waals surface area (Å²) >= 11 is 5.74. The minimum absolute atomic E-state index is 0.234. The number of halogens is 1. The van der Waals surface area contributed by atoms with Crippen molar-refractivity contribution in [2.24, 2.45) is 0 Å². The van der Waals surface area contributed by atoms with Gasteiger partial charge in [0.2, 0.25) is 0 Å². The number of amides is 1. The molecule has 0 aliphatic heterocycles. The van der Waals surface area contributed by atoms with Crippen molar-refractivity contribution >= 4 is 29.0 Å². The van der Waals surface area contributed by atoms with Gasteiger partial charge in [-0.2, -0.15) is 5.10 Å². The number of aromatic amines is 1. The van der Waals surface area contributed by atoms with E-state index in [9.17, 15) is 14.9 Å². The van der Waals surface area contributed by atoms with Crippen LogP contribution in [0.3, 0.4) is 0 Å². The number of H-pyrrole nitrogens is 1. The summed E-state index contributed by atoms with van der Waals surface area (Å²) in [4.78, 5) is 21.9. The molecule has 20 heavy (non-hydrogen) atoms. The molecule has 2 aromatic heterocycles. The van der Waals surface area contributed by atoms with Crippen molar-refractivity contribution in [1.29, 1.82) is 0 Å². The molecule has 0 fully saturated rings. The Balaban J connectivity index is 2.24. The minimum Gasteiger partial charge on any atom is -0.358 e. The second-order valence-electron chi connectivity index (χ2n) is 3.91. The third kappa shape index (κ3) is 2.35. The summed E-state index contributed by atoms with van der Waals surface area (Å²) in [7, 11) is 0. The molecule has 0 radical (unpaired) electrons. The molecule has 0 atom stereocenters. The molecule has 0 unspecified atom stereocenters. The van der Waals surface area contributed by atoms with Gasteiger partial charge in [0, 0.05) is 6.54 Å². The molecule has 0 aliphatic carbocycles. The first-order chi connectivity index (χ1) is 9.45. The number of hydrogen-bond donors (Lipinski definition) is 2. The summed E-state index contributed by atoms with van der Waals surface area (Å²) in [5, 5.41) is 22.6. The van der Waals surface area contributed by atoms with E-state index in [4.69, 9.17) is 11.6 Å². The molecule has 0 aliphatic rings. The predicted octanol–water partition coefficient (Wildman–Crippen LogP) is 1.75. The monoisotopic (exact) mass is 298 g/mol. The van der Waals surface area contributed by atoms with Gasteiger partial charge in [-0.1, -0.05) is 16.7 Å². The van der Waals surface area contributed by atoms with Crippen LogP contribution in [0.1, 0.15) is 23.1 Å². The Morgan fingerprint density at radius 2 is 2.35 bits per heavy atom. The highest BCUT2D eigenvalue weighted by molar-refractivity contribution is 6.35. The van der Waals surface area contributed by atoms with E-state index in [0.717, 1.165) is 5.69 Å². The lowest BCUT2D eigenvalue weighted by atomic mass is 10.3. The van der Waals surface area contributed by atoms with Crippen molar-refractivity contribution in [2.75, 3.05) is 5.32 Å².